The van der Waals surface area contributed by atoms with Crippen LogP contribution >= 0.6 is 0 Å². The van der Waals surface area contributed by atoms with Crippen molar-refractivity contribution in [1.29, 1.82) is 0 Å². The van der Waals surface area contributed by atoms with Gasteiger partial charge in [0.05, 0.1) is 6.10 Å². The van der Waals surface area contributed by atoms with Gasteiger partial charge in [0.1, 0.15) is 6.10 Å². The molecule has 2 fully saturated rings. The minimum absolute atomic E-state index is 0.135. The highest BCUT2D eigenvalue weighted by Gasteiger charge is 2.47. The number of nitrogens with two attached hydrogens (primary N) is 1. The predicted octanol–water partition coefficient (Wildman–Crippen LogP) is 3.22. The van der Waals surface area contributed by atoms with Crippen molar-refractivity contribution in [2.45, 2.75) is 50.1 Å². The number of hydrogen-bond acceptors (Lipinski definition) is 3. The number of anilines is 1. The van der Waals surface area contributed by atoms with E-state index in [1.54, 1.807) is 0 Å². The minimum atomic E-state index is -0.405. The molecule has 1 saturated heterocycles. The Bertz CT molecular complexity index is 426. The lowest BCUT2D eigenvalue weighted by Crippen LogP contribution is -2.33. The average molecular weight is 246 g/mol. The molecule has 2 atom stereocenters. The van der Waals surface area contributed by atoms with Crippen molar-refractivity contribution in [2.75, 3.05) is 5.73 Å². The van der Waals surface area contributed by atoms with Crippen molar-refractivity contribution < 1.29 is 9.47 Å². The van der Waals surface area contributed by atoms with Crippen LogP contribution in [0.5, 0.6) is 0 Å². The van der Waals surface area contributed by atoms with Crippen molar-refractivity contribution >= 4 is 5.69 Å². The summed E-state index contributed by atoms with van der Waals surface area (Å²) in [6.45, 7) is 4.08. The van der Waals surface area contributed by atoms with Gasteiger partial charge in [-0.2, -0.15) is 0 Å². The lowest BCUT2D eigenvalue weighted by Gasteiger charge is -2.31. The highest BCUT2D eigenvalue weighted by Crippen LogP contribution is 2.46. The largest absolute Gasteiger partial charge is 0.398 e. The van der Waals surface area contributed by atoms with E-state index in [1.807, 2.05) is 24.3 Å². The van der Waals surface area contributed by atoms with E-state index in [-0.39, 0.29) is 12.2 Å². The lowest BCUT2D eigenvalue weighted by molar-refractivity contribution is -0.192. The fourth-order valence-electron chi connectivity index (χ4n) is 3.03. The molecule has 1 aromatic rings. The first-order valence-corrected chi connectivity index (χ1v) is 6.73. The summed E-state index contributed by atoms with van der Waals surface area (Å²) in [7, 11) is 0. The summed E-state index contributed by atoms with van der Waals surface area (Å²) in [5, 5.41) is 0. The normalized spacial score (nSPS) is 30.7. The van der Waals surface area contributed by atoms with Crippen LogP contribution in [0.3, 0.4) is 0 Å². The molecule has 1 heterocycles. The SMILES string of the molecule is [CH2]C1OC2(CCCCC2)OC1c1ccccc1N. The van der Waals surface area contributed by atoms with E-state index in [0.29, 0.717) is 0 Å². The Morgan fingerprint density at radius 3 is 2.56 bits per heavy atom. The Kier molecular flexibility index (Phi) is 3.04. The zero-order valence-corrected chi connectivity index (χ0v) is 10.6. The number of benzene rings is 1. The zero-order valence-electron chi connectivity index (χ0n) is 10.6. The second-order valence-corrected chi connectivity index (χ2v) is 5.30. The third kappa shape index (κ3) is 2.02. The maximum atomic E-state index is 6.20. The van der Waals surface area contributed by atoms with Crippen molar-refractivity contribution in [1.82, 2.24) is 0 Å². The van der Waals surface area contributed by atoms with Gasteiger partial charge in [0, 0.05) is 24.1 Å². The third-order valence-corrected chi connectivity index (χ3v) is 3.96. The molecule has 0 amide bonds. The van der Waals surface area contributed by atoms with Crippen molar-refractivity contribution in [3.8, 4) is 0 Å². The van der Waals surface area contributed by atoms with E-state index in [9.17, 15) is 0 Å². The van der Waals surface area contributed by atoms with E-state index in [1.165, 1.54) is 19.3 Å². The molecule has 3 rings (SSSR count). The Hall–Kier alpha value is -1.06. The fraction of sp³-hybridized carbons (Fsp3) is 0.533. The second kappa shape index (κ2) is 4.56. The van der Waals surface area contributed by atoms with E-state index in [4.69, 9.17) is 15.2 Å². The van der Waals surface area contributed by atoms with E-state index < -0.39 is 5.79 Å². The number of rotatable bonds is 1. The summed E-state index contributed by atoms with van der Waals surface area (Å²) in [6, 6.07) is 7.82. The number of ether oxygens (including phenoxy) is 2. The first-order valence-electron chi connectivity index (χ1n) is 6.73. The summed E-state index contributed by atoms with van der Waals surface area (Å²) in [5.41, 5.74) is 7.77. The Morgan fingerprint density at radius 1 is 1.11 bits per heavy atom. The molecule has 2 unspecified atom stereocenters. The van der Waals surface area contributed by atoms with Crippen LogP contribution < -0.4 is 5.73 Å². The van der Waals surface area contributed by atoms with Gasteiger partial charge in [0.15, 0.2) is 5.79 Å². The van der Waals surface area contributed by atoms with E-state index >= 15 is 0 Å². The van der Waals surface area contributed by atoms with Gasteiger partial charge in [0.2, 0.25) is 0 Å². The van der Waals surface area contributed by atoms with Crippen LogP contribution in [-0.2, 0) is 9.47 Å². The molecule has 18 heavy (non-hydrogen) atoms. The molecule has 3 nitrogen and oxygen atoms in total. The smallest absolute Gasteiger partial charge is 0.169 e. The first kappa shape index (κ1) is 12.0. The third-order valence-electron chi connectivity index (χ3n) is 3.96. The van der Waals surface area contributed by atoms with Gasteiger partial charge in [-0.25, -0.2) is 0 Å². The number of nitrogen functional groups attached to an aromatic ring is 1. The molecule has 1 saturated carbocycles. The predicted molar refractivity (Wildman–Crippen MR) is 70.7 cm³/mol. The molecule has 0 aromatic heterocycles. The fourth-order valence-corrected chi connectivity index (χ4v) is 3.03. The molecule has 1 aromatic carbocycles. The van der Waals surface area contributed by atoms with Crippen LogP contribution in [0.15, 0.2) is 24.3 Å². The molecule has 2 aliphatic rings. The van der Waals surface area contributed by atoms with Crippen LogP contribution in [0.1, 0.15) is 43.8 Å². The van der Waals surface area contributed by atoms with Gasteiger partial charge in [-0.1, -0.05) is 24.6 Å². The standard InChI is InChI=1S/C15H20NO2/c1-11-14(12-7-3-4-8-13(12)16)18-15(17-11)9-5-2-6-10-15/h3-4,7-8,11,14H,1-2,5-6,9-10,16H2. The summed E-state index contributed by atoms with van der Waals surface area (Å²) in [5.74, 6) is -0.405. The average Bonchev–Trinajstić information content (AvgIpc) is 2.67. The van der Waals surface area contributed by atoms with Crippen LogP contribution in [0.4, 0.5) is 5.69 Å². The van der Waals surface area contributed by atoms with Gasteiger partial charge >= 0.3 is 0 Å². The molecule has 1 radical (unpaired) electrons. The molecular weight excluding hydrogens is 226 g/mol. The quantitative estimate of drug-likeness (QED) is 0.774. The minimum Gasteiger partial charge on any atom is -0.398 e. The highest BCUT2D eigenvalue weighted by molar-refractivity contribution is 5.48. The molecule has 3 heteroatoms. The lowest BCUT2D eigenvalue weighted by atomic mass is 9.94. The number of hydrogen-bond donors (Lipinski definition) is 1. The summed E-state index contributed by atoms with van der Waals surface area (Å²) in [4.78, 5) is 0. The van der Waals surface area contributed by atoms with Crippen molar-refractivity contribution in [2.24, 2.45) is 0 Å². The van der Waals surface area contributed by atoms with E-state index in [2.05, 4.69) is 6.92 Å². The molecular formula is C15H20NO2. The zero-order chi connectivity index (χ0) is 12.6. The van der Waals surface area contributed by atoms with Crippen molar-refractivity contribution in [3.05, 3.63) is 36.8 Å². The van der Waals surface area contributed by atoms with Crippen molar-refractivity contribution in [3.63, 3.8) is 0 Å². The molecule has 1 aliphatic carbocycles. The van der Waals surface area contributed by atoms with E-state index in [0.717, 1.165) is 24.1 Å². The van der Waals surface area contributed by atoms with Crippen LogP contribution in [-0.4, -0.2) is 11.9 Å². The monoisotopic (exact) mass is 246 g/mol. The van der Waals surface area contributed by atoms with Crippen LogP contribution in [0.2, 0.25) is 0 Å². The Labute approximate surface area is 108 Å². The molecule has 97 valence electrons. The first-order chi connectivity index (χ1) is 8.70. The van der Waals surface area contributed by atoms with Gasteiger partial charge in [-0.3, -0.25) is 0 Å². The molecule has 1 spiro atoms. The number of para-hydroxylation sites is 1. The molecule has 2 N–H and O–H groups in total. The molecule has 1 aliphatic heterocycles. The highest BCUT2D eigenvalue weighted by atomic mass is 16.8. The molecule has 0 bridgehead atoms. The summed E-state index contributed by atoms with van der Waals surface area (Å²) < 4.78 is 12.2. The second-order valence-electron chi connectivity index (χ2n) is 5.30. The van der Waals surface area contributed by atoms with Gasteiger partial charge in [0.25, 0.3) is 0 Å². The van der Waals surface area contributed by atoms with Gasteiger partial charge in [-0.15, -0.1) is 0 Å². The summed E-state index contributed by atoms with van der Waals surface area (Å²) in [6.07, 6.45) is 5.25. The topological polar surface area (TPSA) is 44.5 Å². The maximum absolute atomic E-state index is 6.20. The van der Waals surface area contributed by atoms with Gasteiger partial charge in [-0.05, 0) is 25.8 Å². The van der Waals surface area contributed by atoms with Gasteiger partial charge < -0.3 is 15.2 Å². The Balaban J connectivity index is 1.84. The maximum Gasteiger partial charge on any atom is 0.169 e. The van der Waals surface area contributed by atoms with Crippen LogP contribution in [0.25, 0.3) is 0 Å². The summed E-state index contributed by atoms with van der Waals surface area (Å²) >= 11 is 0. The Morgan fingerprint density at radius 2 is 1.83 bits per heavy atom. The van der Waals surface area contributed by atoms with Crippen LogP contribution in [0, 0.1) is 6.92 Å².